The summed E-state index contributed by atoms with van der Waals surface area (Å²) in [5.41, 5.74) is 5.28. The van der Waals surface area contributed by atoms with Gasteiger partial charge in [-0.1, -0.05) is 13.8 Å². The molecule has 0 bridgehead atoms. The summed E-state index contributed by atoms with van der Waals surface area (Å²) in [5.74, 6) is -1.56. The van der Waals surface area contributed by atoms with Crippen molar-refractivity contribution in [3.63, 3.8) is 0 Å². The Morgan fingerprint density at radius 1 is 1.58 bits per heavy atom. The summed E-state index contributed by atoms with van der Waals surface area (Å²) in [6.07, 6.45) is 0. The second-order valence-electron chi connectivity index (χ2n) is 3.74. The zero-order chi connectivity index (χ0) is 9.35. The van der Waals surface area contributed by atoms with Crippen molar-refractivity contribution in [1.82, 2.24) is 4.90 Å². The van der Waals surface area contributed by atoms with Gasteiger partial charge in [0.15, 0.2) is 0 Å². The molecular weight excluding hydrogens is 162 g/mol. The van der Waals surface area contributed by atoms with E-state index in [1.807, 2.05) is 13.8 Å². The van der Waals surface area contributed by atoms with Crippen LogP contribution in [0.25, 0.3) is 0 Å². The van der Waals surface area contributed by atoms with Crippen LogP contribution in [0.3, 0.4) is 0 Å². The fraction of sp³-hybridized carbons (Fsp3) is 0.875. The molecule has 1 aliphatic heterocycles. The van der Waals surface area contributed by atoms with E-state index in [9.17, 15) is 8.78 Å². The molecule has 1 aliphatic rings. The van der Waals surface area contributed by atoms with E-state index in [4.69, 9.17) is 5.73 Å². The van der Waals surface area contributed by atoms with Gasteiger partial charge in [0.05, 0.1) is 12.6 Å². The molecule has 1 radical (unpaired) electrons. The summed E-state index contributed by atoms with van der Waals surface area (Å²) in [7, 11) is 0. The van der Waals surface area contributed by atoms with Crippen molar-refractivity contribution in [2.45, 2.75) is 25.8 Å². The van der Waals surface area contributed by atoms with Crippen molar-refractivity contribution in [2.75, 3.05) is 19.6 Å². The lowest BCUT2D eigenvalue weighted by Crippen LogP contribution is -2.38. The summed E-state index contributed by atoms with van der Waals surface area (Å²) in [5, 5.41) is 0. The summed E-state index contributed by atoms with van der Waals surface area (Å²) in [4.78, 5) is 1.69. The van der Waals surface area contributed by atoms with Gasteiger partial charge in [-0.2, -0.15) is 0 Å². The molecule has 2 nitrogen and oxygen atoms in total. The first-order chi connectivity index (χ1) is 5.42. The summed E-state index contributed by atoms with van der Waals surface area (Å²) < 4.78 is 25.7. The van der Waals surface area contributed by atoms with Gasteiger partial charge >= 0.3 is 0 Å². The average molecular weight is 177 g/mol. The SMILES string of the molecule is C[C](C)CN1CC(N)C(F)(F)C1. The Balaban J connectivity index is 2.44. The van der Waals surface area contributed by atoms with Gasteiger partial charge in [-0.15, -0.1) is 0 Å². The highest BCUT2D eigenvalue weighted by Gasteiger charge is 2.45. The van der Waals surface area contributed by atoms with Crippen LogP contribution in [0.1, 0.15) is 13.8 Å². The minimum Gasteiger partial charge on any atom is -0.322 e. The quantitative estimate of drug-likeness (QED) is 0.678. The third-order valence-electron chi connectivity index (χ3n) is 1.97. The van der Waals surface area contributed by atoms with E-state index in [1.54, 1.807) is 4.90 Å². The number of nitrogens with zero attached hydrogens (tertiary/aromatic N) is 1. The zero-order valence-electron chi connectivity index (χ0n) is 7.48. The van der Waals surface area contributed by atoms with E-state index < -0.39 is 12.0 Å². The lowest BCUT2D eigenvalue weighted by molar-refractivity contribution is -0.000465. The van der Waals surface area contributed by atoms with Gasteiger partial charge in [-0.05, 0) is 5.92 Å². The molecule has 2 N–H and O–H groups in total. The molecule has 0 aliphatic carbocycles. The Morgan fingerprint density at radius 3 is 2.50 bits per heavy atom. The molecule has 0 aromatic carbocycles. The number of hydrogen-bond acceptors (Lipinski definition) is 2. The molecule has 71 valence electrons. The first-order valence-electron chi connectivity index (χ1n) is 4.06. The maximum Gasteiger partial charge on any atom is 0.276 e. The van der Waals surface area contributed by atoms with Crippen LogP contribution in [-0.2, 0) is 0 Å². The van der Waals surface area contributed by atoms with Crippen molar-refractivity contribution in [3.8, 4) is 0 Å². The molecule has 0 aromatic rings. The maximum absolute atomic E-state index is 12.9. The maximum atomic E-state index is 12.9. The normalized spacial score (nSPS) is 30.0. The van der Waals surface area contributed by atoms with Gasteiger partial charge in [0, 0.05) is 13.1 Å². The predicted molar refractivity (Wildman–Crippen MR) is 44.0 cm³/mol. The van der Waals surface area contributed by atoms with E-state index in [-0.39, 0.29) is 6.54 Å². The van der Waals surface area contributed by atoms with Crippen LogP contribution in [0.4, 0.5) is 8.78 Å². The minimum atomic E-state index is -2.70. The smallest absolute Gasteiger partial charge is 0.276 e. The number of halogens is 2. The third kappa shape index (κ3) is 2.14. The lowest BCUT2D eigenvalue weighted by atomic mass is 10.2. The second-order valence-corrected chi connectivity index (χ2v) is 3.74. The molecule has 0 amide bonds. The van der Waals surface area contributed by atoms with Crippen molar-refractivity contribution in [3.05, 3.63) is 5.92 Å². The highest BCUT2D eigenvalue weighted by Crippen LogP contribution is 2.26. The van der Waals surface area contributed by atoms with Crippen LogP contribution in [0, 0.1) is 5.92 Å². The molecule has 1 fully saturated rings. The van der Waals surface area contributed by atoms with E-state index >= 15 is 0 Å². The van der Waals surface area contributed by atoms with Crippen molar-refractivity contribution < 1.29 is 8.78 Å². The van der Waals surface area contributed by atoms with Gasteiger partial charge < -0.3 is 5.73 Å². The Labute approximate surface area is 71.7 Å². The van der Waals surface area contributed by atoms with E-state index in [2.05, 4.69) is 0 Å². The standard InChI is InChI=1S/C8H15F2N2/c1-6(2)3-12-4-7(11)8(9,10)5-12/h7H,3-5,11H2,1-2H3. The molecular formula is C8H15F2N2. The molecule has 1 saturated heterocycles. The van der Waals surface area contributed by atoms with Gasteiger partial charge in [-0.3, -0.25) is 4.90 Å². The van der Waals surface area contributed by atoms with E-state index in [0.717, 1.165) is 5.92 Å². The number of likely N-dealkylation sites (tertiary alicyclic amines) is 1. The first-order valence-corrected chi connectivity index (χ1v) is 4.06. The van der Waals surface area contributed by atoms with Gasteiger partial charge in [0.25, 0.3) is 5.92 Å². The topological polar surface area (TPSA) is 29.3 Å². The van der Waals surface area contributed by atoms with Crippen LogP contribution in [0.5, 0.6) is 0 Å². The molecule has 1 atom stereocenters. The number of hydrogen-bond donors (Lipinski definition) is 1. The molecule has 0 spiro atoms. The average Bonchev–Trinajstić information content (AvgIpc) is 2.04. The number of rotatable bonds is 2. The van der Waals surface area contributed by atoms with Crippen LogP contribution < -0.4 is 5.73 Å². The predicted octanol–water partition coefficient (Wildman–Crippen LogP) is 0.879. The monoisotopic (exact) mass is 177 g/mol. The van der Waals surface area contributed by atoms with Crippen molar-refractivity contribution >= 4 is 0 Å². The Morgan fingerprint density at radius 2 is 2.17 bits per heavy atom. The lowest BCUT2D eigenvalue weighted by Gasteiger charge is -2.16. The van der Waals surface area contributed by atoms with Crippen LogP contribution in [-0.4, -0.2) is 36.5 Å². The molecule has 1 unspecified atom stereocenters. The highest BCUT2D eigenvalue weighted by molar-refractivity contribution is 4.96. The minimum absolute atomic E-state index is 0.195. The highest BCUT2D eigenvalue weighted by atomic mass is 19.3. The molecule has 4 heteroatoms. The van der Waals surface area contributed by atoms with Crippen molar-refractivity contribution in [2.24, 2.45) is 5.73 Å². The fourth-order valence-electron chi connectivity index (χ4n) is 1.46. The number of nitrogens with two attached hydrogens (primary N) is 1. The fourth-order valence-corrected chi connectivity index (χ4v) is 1.46. The Hall–Kier alpha value is -0.220. The van der Waals surface area contributed by atoms with Gasteiger partial charge in [0.2, 0.25) is 0 Å². The number of alkyl halides is 2. The Bertz CT molecular complexity index is 159. The zero-order valence-corrected chi connectivity index (χ0v) is 7.48. The largest absolute Gasteiger partial charge is 0.322 e. The van der Waals surface area contributed by atoms with Gasteiger partial charge in [-0.25, -0.2) is 8.78 Å². The van der Waals surface area contributed by atoms with Crippen LogP contribution in [0.15, 0.2) is 0 Å². The van der Waals surface area contributed by atoms with E-state index in [1.165, 1.54) is 0 Å². The summed E-state index contributed by atoms with van der Waals surface area (Å²) >= 11 is 0. The molecule has 0 saturated carbocycles. The summed E-state index contributed by atoms with van der Waals surface area (Å²) in [6, 6.07) is -0.989. The van der Waals surface area contributed by atoms with Gasteiger partial charge in [0.1, 0.15) is 0 Å². The molecule has 1 heterocycles. The Kier molecular flexibility index (Phi) is 2.68. The van der Waals surface area contributed by atoms with E-state index in [0.29, 0.717) is 13.1 Å². The van der Waals surface area contributed by atoms with Crippen LogP contribution >= 0.6 is 0 Å². The molecule has 12 heavy (non-hydrogen) atoms. The summed E-state index contributed by atoms with van der Waals surface area (Å²) in [6.45, 7) is 4.60. The van der Waals surface area contributed by atoms with Crippen LogP contribution in [0.2, 0.25) is 0 Å². The van der Waals surface area contributed by atoms with Crippen molar-refractivity contribution in [1.29, 1.82) is 0 Å². The first kappa shape index (κ1) is 9.86. The molecule has 0 aromatic heterocycles. The molecule has 1 rings (SSSR count). The third-order valence-corrected chi connectivity index (χ3v) is 1.97. The second kappa shape index (κ2) is 3.26.